The van der Waals surface area contributed by atoms with E-state index in [1.54, 1.807) is 6.20 Å². The van der Waals surface area contributed by atoms with E-state index in [4.69, 9.17) is 0 Å². The monoisotopic (exact) mass is 282 g/mol. The van der Waals surface area contributed by atoms with Gasteiger partial charge >= 0.3 is 0 Å². The summed E-state index contributed by atoms with van der Waals surface area (Å²) in [6.07, 6.45) is 3.80. The molecule has 1 aromatic carbocycles. The Morgan fingerprint density at radius 3 is 3.00 bits per heavy atom. The number of benzene rings is 1. The van der Waals surface area contributed by atoms with Gasteiger partial charge in [0.15, 0.2) is 0 Å². The van der Waals surface area contributed by atoms with Crippen molar-refractivity contribution in [2.75, 3.05) is 19.6 Å². The zero-order chi connectivity index (χ0) is 14.2. The van der Waals surface area contributed by atoms with Gasteiger partial charge in [-0.3, -0.25) is 9.78 Å². The number of hydrogen-bond acceptors (Lipinski definition) is 4. The highest BCUT2D eigenvalue weighted by Crippen LogP contribution is 2.25. The molecular formula is C16H18N4O. The van der Waals surface area contributed by atoms with Crippen molar-refractivity contribution in [3.05, 3.63) is 36.2 Å². The number of carbonyl (C=O) groups excluding carboxylic acids is 1. The van der Waals surface area contributed by atoms with Crippen LogP contribution >= 0.6 is 0 Å². The number of likely N-dealkylation sites (tertiary alicyclic amines) is 1. The molecule has 1 amide bonds. The largest absolute Gasteiger partial charge is 0.337 e. The third-order valence-electron chi connectivity index (χ3n) is 4.61. The van der Waals surface area contributed by atoms with E-state index in [-0.39, 0.29) is 5.91 Å². The number of amides is 1. The van der Waals surface area contributed by atoms with Gasteiger partial charge in [-0.05, 0) is 37.4 Å². The van der Waals surface area contributed by atoms with Gasteiger partial charge < -0.3 is 10.2 Å². The molecule has 5 nitrogen and oxygen atoms in total. The molecule has 2 aliphatic heterocycles. The van der Waals surface area contributed by atoms with Crippen molar-refractivity contribution in [3.8, 4) is 0 Å². The lowest BCUT2D eigenvalue weighted by molar-refractivity contribution is 0.0656. The van der Waals surface area contributed by atoms with Gasteiger partial charge in [0.25, 0.3) is 5.91 Å². The molecule has 2 atom stereocenters. The number of piperidine rings is 1. The maximum absolute atomic E-state index is 12.6. The van der Waals surface area contributed by atoms with Crippen molar-refractivity contribution in [2.24, 2.45) is 5.92 Å². The van der Waals surface area contributed by atoms with Gasteiger partial charge in [0.1, 0.15) is 5.69 Å². The zero-order valence-corrected chi connectivity index (χ0v) is 11.8. The topological polar surface area (TPSA) is 58.1 Å². The molecule has 2 aliphatic rings. The lowest BCUT2D eigenvalue weighted by atomic mass is 9.93. The van der Waals surface area contributed by atoms with E-state index in [1.165, 1.54) is 0 Å². The highest BCUT2D eigenvalue weighted by Gasteiger charge is 2.34. The Kier molecular flexibility index (Phi) is 3.07. The van der Waals surface area contributed by atoms with E-state index in [1.807, 2.05) is 29.2 Å². The summed E-state index contributed by atoms with van der Waals surface area (Å²) in [5.74, 6) is 0.606. The fourth-order valence-electron chi connectivity index (χ4n) is 3.45. The van der Waals surface area contributed by atoms with Gasteiger partial charge in [0.2, 0.25) is 0 Å². The fraction of sp³-hybridized carbons (Fsp3) is 0.438. The Bertz CT molecular complexity index is 687. The molecule has 3 heterocycles. The number of para-hydroxylation sites is 2. The minimum absolute atomic E-state index is 0.0126. The van der Waals surface area contributed by atoms with Crippen molar-refractivity contribution >= 4 is 16.9 Å². The average Bonchev–Trinajstić information content (AvgIpc) is 3.01. The minimum Gasteiger partial charge on any atom is -0.337 e. The Morgan fingerprint density at radius 2 is 2.10 bits per heavy atom. The van der Waals surface area contributed by atoms with Gasteiger partial charge in [-0.25, -0.2) is 4.98 Å². The van der Waals surface area contributed by atoms with Crippen LogP contribution in [0.2, 0.25) is 0 Å². The molecule has 0 spiro atoms. The predicted molar refractivity (Wildman–Crippen MR) is 80.0 cm³/mol. The Hall–Kier alpha value is -2.01. The number of nitrogens with one attached hydrogen (secondary N) is 1. The molecule has 0 bridgehead atoms. The first-order chi connectivity index (χ1) is 10.3. The molecule has 1 N–H and O–H groups in total. The van der Waals surface area contributed by atoms with Crippen molar-refractivity contribution in [1.82, 2.24) is 20.2 Å². The molecule has 2 unspecified atom stereocenters. The van der Waals surface area contributed by atoms with Crippen molar-refractivity contribution < 1.29 is 4.79 Å². The standard InChI is InChI=1S/C16H18N4O/c21-16(20-8-6-12-11(10-20)5-7-17-12)15-9-18-13-3-1-2-4-14(13)19-15/h1-4,9,11-12,17H,5-8,10H2. The van der Waals surface area contributed by atoms with Crippen molar-refractivity contribution in [3.63, 3.8) is 0 Å². The van der Waals surface area contributed by atoms with E-state index in [0.29, 0.717) is 17.7 Å². The van der Waals surface area contributed by atoms with Crippen LogP contribution in [-0.2, 0) is 0 Å². The number of hydrogen-bond donors (Lipinski definition) is 1. The Morgan fingerprint density at radius 1 is 1.24 bits per heavy atom. The molecule has 2 saturated heterocycles. The lowest BCUT2D eigenvalue weighted by Crippen LogP contribution is -2.47. The van der Waals surface area contributed by atoms with E-state index >= 15 is 0 Å². The van der Waals surface area contributed by atoms with Gasteiger partial charge in [0.05, 0.1) is 17.2 Å². The molecule has 0 aliphatic carbocycles. The molecule has 5 heteroatoms. The minimum atomic E-state index is 0.0126. The Labute approximate surface area is 123 Å². The van der Waals surface area contributed by atoms with E-state index in [0.717, 1.165) is 43.5 Å². The highest BCUT2D eigenvalue weighted by molar-refractivity contribution is 5.93. The molecule has 4 rings (SSSR count). The van der Waals surface area contributed by atoms with Crippen molar-refractivity contribution in [1.29, 1.82) is 0 Å². The van der Waals surface area contributed by atoms with Crippen LogP contribution in [-0.4, -0.2) is 46.5 Å². The lowest BCUT2D eigenvalue weighted by Gasteiger charge is -2.34. The Balaban J connectivity index is 1.58. The molecule has 1 aromatic heterocycles. The second-order valence-corrected chi connectivity index (χ2v) is 5.89. The normalized spacial score (nSPS) is 25.0. The third-order valence-corrected chi connectivity index (χ3v) is 4.61. The number of carbonyl (C=O) groups is 1. The molecule has 2 aromatic rings. The molecule has 108 valence electrons. The summed E-state index contributed by atoms with van der Waals surface area (Å²) >= 11 is 0. The summed E-state index contributed by atoms with van der Waals surface area (Å²) in [7, 11) is 0. The summed E-state index contributed by atoms with van der Waals surface area (Å²) < 4.78 is 0. The van der Waals surface area contributed by atoms with Gasteiger partial charge in [-0.1, -0.05) is 12.1 Å². The van der Waals surface area contributed by atoms with Gasteiger partial charge in [0, 0.05) is 19.1 Å². The molecular weight excluding hydrogens is 264 g/mol. The maximum Gasteiger partial charge on any atom is 0.274 e. The highest BCUT2D eigenvalue weighted by atomic mass is 16.2. The number of nitrogens with zero attached hydrogens (tertiary/aromatic N) is 3. The van der Waals surface area contributed by atoms with Gasteiger partial charge in [-0.15, -0.1) is 0 Å². The smallest absolute Gasteiger partial charge is 0.274 e. The second-order valence-electron chi connectivity index (χ2n) is 5.89. The third kappa shape index (κ3) is 2.27. The van der Waals surface area contributed by atoms with Crippen LogP contribution in [0.1, 0.15) is 23.3 Å². The van der Waals surface area contributed by atoms with Crippen molar-refractivity contribution in [2.45, 2.75) is 18.9 Å². The van der Waals surface area contributed by atoms with Crippen LogP contribution in [0.5, 0.6) is 0 Å². The second kappa shape index (κ2) is 5.07. The molecule has 0 saturated carbocycles. The SMILES string of the molecule is O=C(c1cnc2ccccc2n1)N1CCC2NCCC2C1. The average molecular weight is 282 g/mol. The van der Waals surface area contributed by atoms with E-state index in [2.05, 4.69) is 15.3 Å². The predicted octanol–water partition coefficient (Wildman–Crippen LogP) is 1.45. The zero-order valence-electron chi connectivity index (χ0n) is 11.8. The van der Waals surface area contributed by atoms with Gasteiger partial charge in [-0.2, -0.15) is 0 Å². The summed E-state index contributed by atoms with van der Waals surface area (Å²) in [4.78, 5) is 23.4. The summed E-state index contributed by atoms with van der Waals surface area (Å²) in [6, 6.07) is 8.24. The fourth-order valence-corrected chi connectivity index (χ4v) is 3.45. The quantitative estimate of drug-likeness (QED) is 0.860. The van der Waals surface area contributed by atoms with Crippen LogP contribution < -0.4 is 5.32 Å². The molecule has 0 radical (unpaired) electrons. The van der Waals surface area contributed by atoms with Crippen LogP contribution in [0.3, 0.4) is 0 Å². The summed E-state index contributed by atoms with van der Waals surface area (Å²) in [6.45, 7) is 2.72. The molecule has 21 heavy (non-hydrogen) atoms. The van der Waals surface area contributed by atoms with Crippen LogP contribution in [0.25, 0.3) is 11.0 Å². The number of aromatic nitrogens is 2. The number of fused-ring (bicyclic) bond motifs is 2. The van der Waals surface area contributed by atoms with E-state index < -0.39 is 0 Å². The molecule has 2 fully saturated rings. The van der Waals surface area contributed by atoms with E-state index in [9.17, 15) is 4.79 Å². The van der Waals surface area contributed by atoms with Crippen LogP contribution in [0.4, 0.5) is 0 Å². The summed E-state index contributed by atoms with van der Waals surface area (Å²) in [5.41, 5.74) is 2.06. The maximum atomic E-state index is 12.6. The summed E-state index contributed by atoms with van der Waals surface area (Å²) in [5, 5.41) is 3.52. The first kappa shape index (κ1) is 12.7. The first-order valence-electron chi connectivity index (χ1n) is 7.56. The number of rotatable bonds is 1. The van der Waals surface area contributed by atoms with Crippen LogP contribution in [0, 0.1) is 5.92 Å². The first-order valence-corrected chi connectivity index (χ1v) is 7.56. The van der Waals surface area contributed by atoms with Crippen LogP contribution in [0.15, 0.2) is 30.5 Å².